The number of aliphatic hydroxyl groups excluding tert-OH is 2. The molecule has 0 saturated heterocycles. The van der Waals surface area contributed by atoms with Gasteiger partial charge in [0.05, 0.1) is 39.6 Å². The van der Waals surface area contributed by atoms with Crippen molar-refractivity contribution in [2.24, 2.45) is 5.92 Å². The fraction of sp³-hybridized carbons (Fsp3) is 0.929. The van der Waals surface area contributed by atoms with Crippen molar-refractivity contribution in [2.75, 3.05) is 39.6 Å². The first kappa shape index (κ1) is 21.6. The predicted molar refractivity (Wildman–Crippen MR) is 76.8 cm³/mol. The van der Waals surface area contributed by atoms with Crippen LogP contribution in [0.2, 0.25) is 0 Å². The molecule has 0 bridgehead atoms. The number of carbonyl (C=O) groups is 1. The number of aliphatic hydroxyl groups is 2. The van der Waals surface area contributed by atoms with E-state index < -0.39 is 5.97 Å². The first-order valence-corrected chi connectivity index (χ1v) is 7.13. The highest BCUT2D eigenvalue weighted by Gasteiger charge is 1.97. The topological polar surface area (TPSA) is 96.2 Å². The van der Waals surface area contributed by atoms with Gasteiger partial charge in [-0.15, -0.1) is 0 Å². The molecule has 0 saturated carbocycles. The molecular weight excluding hydrogens is 264 g/mol. The molecular formula is C14H30O6. The number of aliphatic carboxylic acids is 1. The summed E-state index contributed by atoms with van der Waals surface area (Å²) in [6, 6.07) is 0. The summed E-state index contributed by atoms with van der Waals surface area (Å²) in [6.07, 6.45) is 3.34. The summed E-state index contributed by atoms with van der Waals surface area (Å²) in [5.74, 6) is 0.0255. The largest absolute Gasteiger partial charge is 0.481 e. The Kier molecular flexibility index (Phi) is 19.8. The third kappa shape index (κ3) is 26.0. The van der Waals surface area contributed by atoms with E-state index >= 15 is 0 Å². The van der Waals surface area contributed by atoms with E-state index in [1.165, 1.54) is 0 Å². The molecule has 0 rings (SSSR count). The van der Waals surface area contributed by atoms with E-state index in [-0.39, 0.29) is 13.2 Å². The summed E-state index contributed by atoms with van der Waals surface area (Å²) in [4.78, 5) is 10.0. The van der Waals surface area contributed by atoms with Crippen LogP contribution >= 0.6 is 0 Å². The first-order valence-electron chi connectivity index (χ1n) is 7.13. The van der Waals surface area contributed by atoms with E-state index in [9.17, 15) is 4.79 Å². The highest BCUT2D eigenvalue weighted by atomic mass is 16.5. The molecule has 0 amide bonds. The van der Waals surface area contributed by atoms with E-state index in [0.717, 1.165) is 19.3 Å². The summed E-state index contributed by atoms with van der Waals surface area (Å²) in [7, 11) is 0. The van der Waals surface area contributed by atoms with Gasteiger partial charge in [0.15, 0.2) is 0 Å². The van der Waals surface area contributed by atoms with Crippen LogP contribution in [0, 0.1) is 5.92 Å². The van der Waals surface area contributed by atoms with Crippen LogP contribution in [0.15, 0.2) is 0 Å². The van der Waals surface area contributed by atoms with E-state index in [1.807, 2.05) is 0 Å². The molecule has 0 spiro atoms. The van der Waals surface area contributed by atoms with Crippen LogP contribution in [-0.4, -0.2) is 60.9 Å². The Morgan fingerprint density at radius 3 is 1.80 bits per heavy atom. The number of unbranched alkanes of at least 4 members (excludes halogenated alkanes) is 1. The Morgan fingerprint density at radius 2 is 1.45 bits per heavy atom. The van der Waals surface area contributed by atoms with Crippen LogP contribution in [0.3, 0.4) is 0 Å². The second-order valence-corrected chi connectivity index (χ2v) is 4.71. The number of hydrogen-bond donors (Lipinski definition) is 3. The Hall–Kier alpha value is -0.690. The molecule has 20 heavy (non-hydrogen) atoms. The van der Waals surface area contributed by atoms with Crippen molar-refractivity contribution in [1.29, 1.82) is 0 Å². The summed E-state index contributed by atoms with van der Waals surface area (Å²) in [6.45, 7) is 6.04. The maximum atomic E-state index is 10.0. The molecule has 3 N–H and O–H groups in total. The Balaban J connectivity index is 0. The molecule has 6 heteroatoms. The number of ether oxygens (including phenoxy) is 2. The third-order valence-electron chi connectivity index (χ3n) is 2.27. The first-order chi connectivity index (χ1) is 9.54. The summed E-state index contributed by atoms with van der Waals surface area (Å²) in [5.41, 5.74) is 0. The second-order valence-electron chi connectivity index (χ2n) is 4.71. The second kappa shape index (κ2) is 18.3. The van der Waals surface area contributed by atoms with Gasteiger partial charge in [0.25, 0.3) is 0 Å². The summed E-state index contributed by atoms with van der Waals surface area (Å²) < 4.78 is 9.75. The molecule has 0 aliphatic rings. The van der Waals surface area contributed by atoms with Crippen molar-refractivity contribution in [1.82, 2.24) is 0 Å². The highest BCUT2D eigenvalue weighted by molar-refractivity contribution is 5.66. The molecule has 122 valence electrons. The maximum absolute atomic E-state index is 10.0. The van der Waals surface area contributed by atoms with Gasteiger partial charge in [0, 0.05) is 6.42 Å². The molecule has 0 atom stereocenters. The lowest BCUT2D eigenvalue weighted by molar-refractivity contribution is -0.137. The van der Waals surface area contributed by atoms with Gasteiger partial charge in [-0.05, 0) is 12.3 Å². The molecule has 0 aliphatic carbocycles. The summed E-state index contributed by atoms with van der Waals surface area (Å²) in [5, 5.41) is 24.8. The summed E-state index contributed by atoms with van der Waals surface area (Å²) >= 11 is 0. The Morgan fingerprint density at radius 1 is 0.950 bits per heavy atom. The normalized spacial score (nSPS) is 10.2. The SMILES string of the molecule is CC(C)CCCCC(=O)O.OCCOCCOCCO. The van der Waals surface area contributed by atoms with E-state index in [1.54, 1.807) is 0 Å². The zero-order chi connectivity index (χ0) is 15.6. The van der Waals surface area contributed by atoms with Crippen LogP contribution in [0.4, 0.5) is 0 Å². The highest BCUT2D eigenvalue weighted by Crippen LogP contribution is 2.07. The lowest BCUT2D eigenvalue weighted by Gasteiger charge is -2.01. The van der Waals surface area contributed by atoms with Gasteiger partial charge in [0.2, 0.25) is 0 Å². The molecule has 0 fully saturated rings. The molecule has 0 aliphatic heterocycles. The van der Waals surface area contributed by atoms with Gasteiger partial charge in [-0.2, -0.15) is 0 Å². The average molecular weight is 294 g/mol. The fourth-order valence-corrected chi connectivity index (χ4v) is 1.28. The van der Waals surface area contributed by atoms with Crippen molar-refractivity contribution in [3.8, 4) is 0 Å². The lowest BCUT2D eigenvalue weighted by atomic mass is 10.1. The van der Waals surface area contributed by atoms with Gasteiger partial charge in [-0.25, -0.2) is 0 Å². The van der Waals surface area contributed by atoms with Crippen molar-refractivity contribution >= 4 is 5.97 Å². The minimum absolute atomic E-state index is 0.0417. The van der Waals surface area contributed by atoms with Gasteiger partial charge >= 0.3 is 5.97 Å². The van der Waals surface area contributed by atoms with E-state index in [0.29, 0.717) is 38.8 Å². The average Bonchev–Trinajstić information content (AvgIpc) is 2.39. The van der Waals surface area contributed by atoms with Crippen LogP contribution in [0.25, 0.3) is 0 Å². The molecule has 0 heterocycles. The number of carboxylic acid groups (broad SMARTS) is 1. The maximum Gasteiger partial charge on any atom is 0.303 e. The van der Waals surface area contributed by atoms with Crippen molar-refractivity contribution < 1.29 is 29.6 Å². The molecule has 6 nitrogen and oxygen atoms in total. The van der Waals surface area contributed by atoms with Crippen LogP contribution < -0.4 is 0 Å². The smallest absolute Gasteiger partial charge is 0.303 e. The number of carboxylic acids is 1. The van der Waals surface area contributed by atoms with E-state index in [4.69, 9.17) is 24.8 Å². The van der Waals surface area contributed by atoms with Crippen molar-refractivity contribution in [3.05, 3.63) is 0 Å². The lowest BCUT2D eigenvalue weighted by Crippen LogP contribution is -2.09. The van der Waals surface area contributed by atoms with E-state index in [2.05, 4.69) is 13.8 Å². The monoisotopic (exact) mass is 294 g/mol. The molecule has 0 unspecified atom stereocenters. The van der Waals surface area contributed by atoms with Crippen molar-refractivity contribution in [3.63, 3.8) is 0 Å². The standard InChI is InChI=1S/C8H16O2.C6H14O4/c1-7(2)5-3-4-6-8(9)10;7-1-3-9-5-6-10-4-2-8/h7H,3-6H2,1-2H3,(H,9,10);7-8H,1-6H2. The Bertz CT molecular complexity index is 188. The third-order valence-corrected chi connectivity index (χ3v) is 2.27. The van der Waals surface area contributed by atoms with Crippen LogP contribution in [-0.2, 0) is 14.3 Å². The molecule has 0 aromatic rings. The molecule has 0 radical (unpaired) electrons. The minimum atomic E-state index is -0.677. The van der Waals surface area contributed by atoms with Crippen LogP contribution in [0.5, 0.6) is 0 Å². The fourth-order valence-electron chi connectivity index (χ4n) is 1.28. The predicted octanol–water partition coefficient (Wildman–Crippen LogP) is 1.29. The van der Waals surface area contributed by atoms with Gasteiger partial charge in [-0.1, -0.05) is 26.7 Å². The quantitative estimate of drug-likeness (QED) is 0.469. The minimum Gasteiger partial charge on any atom is -0.481 e. The molecule has 0 aromatic heterocycles. The Labute approximate surface area is 121 Å². The molecule has 0 aromatic carbocycles. The van der Waals surface area contributed by atoms with Crippen molar-refractivity contribution in [2.45, 2.75) is 39.5 Å². The zero-order valence-electron chi connectivity index (χ0n) is 12.7. The van der Waals surface area contributed by atoms with Gasteiger partial charge in [-0.3, -0.25) is 4.79 Å². The van der Waals surface area contributed by atoms with Gasteiger partial charge < -0.3 is 24.8 Å². The number of rotatable bonds is 12. The number of hydrogen-bond acceptors (Lipinski definition) is 5. The van der Waals surface area contributed by atoms with Crippen LogP contribution in [0.1, 0.15) is 39.5 Å². The zero-order valence-corrected chi connectivity index (χ0v) is 12.7. The van der Waals surface area contributed by atoms with Gasteiger partial charge in [0.1, 0.15) is 0 Å².